The summed E-state index contributed by atoms with van der Waals surface area (Å²) in [7, 11) is 0. The van der Waals surface area contributed by atoms with Crippen LogP contribution in [0.15, 0.2) is 132 Å². The molecule has 0 spiro atoms. The average molecular weight is 735 g/mol. The highest BCUT2D eigenvalue weighted by Crippen LogP contribution is 2.51. The maximum atomic E-state index is 6.47. The molecule has 3 aromatic heterocycles. The maximum Gasteiger partial charge on any atom is 0.277 e. The van der Waals surface area contributed by atoms with Gasteiger partial charge in [0.05, 0.1) is 11.4 Å². The van der Waals surface area contributed by atoms with Gasteiger partial charge in [0.2, 0.25) is 0 Å². The second kappa shape index (κ2) is 11.1. The molecule has 0 atom stereocenters. The second-order valence-corrected chi connectivity index (χ2v) is 19.1. The Hall–Kier alpha value is -5.30. The first-order chi connectivity index (χ1) is 26.1. The molecular weight excluding hydrogens is 695 g/mol. The highest BCUT2D eigenvalue weighted by molar-refractivity contribution is 7.41. The molecule has 0 unspecified atom stereocenters. The van der Waals surface area contributed by atoms with E-state index in [1.54, 1.807) is 0 Å². The van der Waals surface area contributed by atoms with Gasteiger partial charge in [-0.2, -0.15) is 0 Å². The van der Waals surface area contributed by atoms with Gasteiger partial charge in [0, 0.05) is 63.2 Å². The molecule has 11 rings (SSSR count). The van der Waals surface area contributed by atoms with E-state index >= 15 is 0 Å². The quantitative estimate of drug-likeness (QED) is 0.165. The molecule has 0 radical (unpaired) electrons. The van der Waals surface area contributed by atoms with Crippen molar-refractivity contribution in [1.29, 1.82) is 0 Å². The van der Waals surface area contributed by atoms with Crippen molar-refractivity contribution in [3.05, 3.63) is 139 Å². The molecule has 3 nitrogen and oxygen atoms in total. The molecule has 0 bridgehead atoms. The van der Waals surface area contributed by atoms with Crippen molar-refractivity contribution in [3.63, 3.8) is 0 Å². The smallest absolute Gasteiger partial charge is 0.277 e. The van der Waals surface area contributed by atoms with E-state index in [4.69, 9.17) is 4.42 Å². The van der Waals surface area contributed by atoms with Gasteiger partial charge in [-0.1, -0.05) is 108 Å². The van der Waals surface area contributed by atoms with Gasteiger partial charge >= 0.3 is 0 Å². The normalized spacial score (nSPS) is 14.0. The predicted molar refractivity (Wildman–Crippen MR) is 236 cm³/mol. The fourth-order valence-electron chi connectivity index (χ4n) is 8.88. The van der Waals surface area contributed by atoms with Crippen LogP contribution >= 0.6 is 22.7 Å². The zero-order valence-corrected chi connectivity index (χ0v) is 33.0. The minimum Gasteiger partial charge on any atom is -0.456 e. The van der Waals surface area contributed by atoms with Gasteiger partial charge in [-0.3, -0.25) is 0 Å². The minimum atomic E-state index is 0.0617. The SMILES string of the molecule is CC(C)(C)c1ccc(N2c3cccc4c3B(c3sc5ccccc5c32)c2sc3c(ccc5oc6ccccc6c53)c2N4c2ccc(C(C)(C)C)cc2)cc1. The topological polar surface area (TPSA) is 19.6 Å². The van der Waals surface area contributed by atoms with Crippen LogP contribution in [-0.4, -0.2) is 6.71 Å². The van der Waals surface area contributed by atoms with Crippen molar-refractivity contribution in [2.24, 2.45) is 0 Å². The van der Waals surface area contributed by atoms with E-state index in [1.807, 2.05) is 22.7 Å². The molecule has 0 saturated heterocycles. The Balaban J connectivity index is 1.25. The molecule has 0 saturated carbocycles. The fourth-order valence-corrected chi connectivity index (χ4v) is 11.7. The first-order valence-electron chi connectivity index (χ1n) is 18.9. The Bertz CT molecular complexity index is 2970. The van der Waals surface area contributed by atoms with E-state index in [1.165, 1.54) is 91.2 Å². The summed E-state index contributed by atoms with van der Waals surface area (Å²) >= 11 is 3.91. The number of nitrogens with zero attached hydrogens (tertiary/aromatic N) is 2. The molecular formula is C48H39BN2OS2. The van der Waals surface area contributed by atoms with Crippen molar-refractivity contribution in [2.75, 3.05) is 9.80 Å². The van der Waals surface area contributed by atoms with Crippen LogP contribution < -0.4 is 24.8 Å². The second-order valence-electron chi connectivity index (χ2n) is 16.9. The number of anilines is 6. The van der Waals surface area contributed by atoms with Crippen LogP contribution in [0.5, 0.6) is 0 Å². The summed E-state index contributed by atoms with van der Waals surface area (Å²) in [6, 6.07) is 47.5. The van der Waals surface area contributed by atoms with Crippen molar-refractivity contribution < 1.29 is 4.42 Å². The number of benzene rings is 6. The molecule has 9 aromatic rings. The van der Waals surface area contributed by atoms with Crippen molar-refractivity contribution in [1.82, 2.24) is 0 Å². The summed E-state index contributed by atoms with van der Waals surface area (Å²) in [4.78, 5) is 5.11. The Morgan fingerprint density at radius 3 is 1.69 bits per heavy atom. The highest BCUT2D eigenvalue weighted by atomic mass is 32.1. The molecule has 2 aliphatic rings. The van der Waals surface area contributed by atoms with Gasteiger partial charge < -0.3 is 14.2 Å². The van der Waals surface area contributed by atoms with E-state index in [2.05, 4.69) is 179 Å². The van der Waals surface area contributed by atoms with E-state index in [-0.39, 0.29) is 17.5 Å². The molecule has 2 aliphatic heterocycles. The number of thiophene rings is 2. The third kappa shape index (κ3) is 4.47. The van der Waals surface area contributed by atoms with E-state index < -0.39 is 0 Å². The number of para-hydroxylation sites is 1. The zero-order chi connectivity index (χ0) is 36.7. The van der Waals surface area contributed by atoms with Crippen LogP contribution in [0.1, 0.15) is 52.7 Å². The highest BCUT2D eigenvalue weighted by Gasteiger charge is 2.47. The molecule has 6 aromatic carbocycles. The third-order valence-electron chi connectivity index (χ3n) is 11.6. The summed E-state index contributed by atoms with van der Waals surface area (Å²) in [5, 5.41) is 4.96. The van der Waals surface area contributed by atoms with Crippen LogP contribution in [0.25, 0.3) is 42.1 Å². The monoisotopic (exact) mass is 734 g/mol. The lowest BCUT2D eigenvalue weighted by Gasteiger charge is -2.42. The molecule has 54 heavy (non-hydrogen) atoms. The number of rotatable bonds is 2. The number of furan rings is 1. The van der Waals surface area contributed by atoms with Gasteiger partial charge in [0.15, 0.2) is 0 Å². The molecule has 0 N–H and O–H groups in total. The first kappa shape index (κ1) is 32.2. The summed E-state index contributed by atoms with van der Waals surface area (Å²) in [6.07, 6.45) is 0. The molecule has 0 aliphatic carbocycles. The number of hydrogen-bond donors (Lipinski definition) is 0. The fraction of sp³-hybridized carbons (Fsp3) is 0.167. The van der Waals surface area contributed by atoms with Gasteiger partial charge in [-0.15, -0.1) is 22.7 Å². The number of fused-ring (bicyclic) bond motifs is 12. The van der Waals surface area contributed by atoms with Gasteiger partial charge in [-0.05, 0) is 88.1 Å². The third-order valence-corrected chi connectivity index (χ3v) is 14.1. The average Bonchev–Trinajstić information content (AvgIpc) is 3.86. The Morgan fingerprint density at radius 2 is 1.06 bits per heavy atom. The van der Waals surface area contributed by atoms with Gasteiger partial charge in [0.25, 0.3) is 6.71 Å². The zero-order valence-electron chi connectivity index (χ0n) is 31.3. The lowest BCUT2D eigenvalue weighted by molar-refractivity contribution is 0.590. The lowest BCUT2D eigenvalue weighted by atomic mass is 9.39. The maximum absolute atomic E-state index is 6.47. The largest absolute Gasteiger partial charge is 0.456 e. The standard InChI is InChI=1S/C48H39BN2OS2/c1-47(2,3)28-18-22-30(23-19-28)50-35-14-11-15-36-41(35)49(45-42(50)33-13-8-10-17-39(33)53-45)46-43(51(36)31-24-20-29(21-25-31)48(4,5)6)34-26-27-38-40(44(34)54-46)32-12-7-9-16-37(32)52-38/h7-27H,1-6H3. The van der Waals surface area contributed by atoms with Crippen LogP contribution in [0, 0.1) is 0 Å². The lowest BCUT2D eigenvalue weighted by Crippen LogP contribution is -2.59. The summed E-state index contributed by atoms with van der Waals surface area (Å²) in [6.45, 7) is 13.8. The number of hydrogen-bond acceptors (Lipinski definition) is 5. The van der Waals surface area contributed by atoms with Gasteiger partial charge in [0.1, 0.15) is 11.2 Å². The van der Waals surface area contributed by atoms with Crippen molar-refractivity contribution in [3.8, 4) is 0 Å². The molecule has 0 fully saturated rings. The van der Waals surface area contributed by atoms with Crippen LogP contribution in [-0.2, 0) is 10.8 Å². The Morgan fingerprint density at radius 1 is 0.500 bits per heavy atom. The van der Waals surface area contributed by atoms with E-state index in [0.717, 1.165) is 11.2 Å². The summed E-state index contributed by atoms with van der Waals surface area (Å²) in [5.41, 5.74) is 13.5. The van der Waals surface area contributed by atoms with Crippen LogP contribution in [0.2, 0.25) is 0 Å². The van der Waals surface area contributed by atoms with Gasteiger partial charge in [-0.25, -0.2) is 0 Å². The summed E-state index contributed by atoms with van der Waals surface area (Å²) < 4.78 is 11.9. The predicted octanol–water partition coefficient (Wildman–Crippen LogP) is 12.7. The first-order valence-corrected chi connectivity index (χ1v) is 20.5. The molecule has 5 heterocycles. The Kier molecular flexibility index (Phi) is 6.63. The van der Waals surface area contributed by atoms with Crippen molar-refractivity contribution in [2.45, 2.75) is 52.4 Å². The molecule has 6 heteroatoms. The van der Waals surface area contributed by atoms with Crippen LogP contribution in [0.3, 0.4) is 0 Å². The van der Waals surface area contributed by atoms with Crippen LogP contribution in [0.4, 0.5) is 34.1 Å². The summed E-state index contributed by atoms with van der Waals surface area (Å²) in [5.74, 6) is 0. The van der Waals surface area contributed by atoms with E-state index in [0.29, 0.717) is 0 Å². The Labute approximate surface area is 324 Å². The van der Waals surface area contributed by atoms with Crippen molar-refractivity contribution >= 4 is 121 Å². The molecule has 0 amide bonds. The van der Waals surface area contributed by atoms with E-state index in [9.17, 15) is 0 Å². The minimum absolute atomic E-state index is 0.0617. The molecule has 262 valence electrons.